The first-order valence-corrected chi connectivity index (χ1v) is 6.14. The van der Waals surface area contributed by atoms with Gasteiger partial charge in [-0.05, 0) is 24.8 Å². The Morgan fingerprint density at radius 2 is 2.31 bits per heavy atom. The van der Waals surface area contributed by atoms with E-state index in [9.17, 15) is 0 Å². The summed E-state index contributed by atoms with van der Waals surface area (Å²) in [4.78, 5) is 8.88. The molecule has 0 amide bonds. The second-order valence-electron chi connectivity index (χ2n) is 4.70. The van der Waals surface area contributed by atoms with Crippen molar-refractivity contribution in [3.63, 3.8) is 0 Å². The maximum absolute atomic E-state index is 6.02. The first-order valence-electron chi connectivity index (χ1n) is 5.76. The molecule has 1 aliphatic heterocycles. The Hall–Kier alpha value is -0.670. The zero-order valence-electron chi connectivity index (χ0n) is 9.74. The molecule has 3 nitrogen and oxygen atoms in total. The number of halogens is 1. The SMILES string of the molecule is CC(C)Cc1cc(Cl)nc(C2CCOC2)n1. The fraction of sp³-hybridized carbons (Fsp3) is 0.667. The monoisotopic (exact) mass is 240 g/mol. The third-order valence-corrected chi connectivity index (χ3v) is 2.87. The van der Waals surface area contributed by atoms with Gasteiger partial charge in [-0.15, -0.1) is 0 Å². The molecule has 1 aromatic rings. The number of rotatable bonds is 3. The third-order valence-electron chi connectivity index (χ3n) is 2.68. The summed E-state index contributed by atoms with van der Waals surface area (Å²) in [6, 6.07) is 1.86. The summed E-state index contributed by atoms with van der Waals surface area (Å²) >= 11 is 6.02. The van der Waals surface area contributed by atoms with E-state index in [4.69, 9.17) is 16.3 Å². The van der Waals surface area contributed by atoms with Crippen LogP contribution in [0.15, 0.2) is 6.07 Å². The molecule has 0 aromatic carbocycles. The second-order valence-corrected chi connectivity index (χ2v) is 5.09. The van der Waals surface area contributed by atoms with Crippen molar-refractivity contribution in [1.29, 1.82) is 0 Å². The molecule has 0 radical (unpaired) electrons. The van der Waals surface area contributed by atoms with Gasteiger partial charge in [0.1, 0.15) is 11.0 Å². The van der Waals surface area contributed by atoms with Crippen LogP contribution in [0.1, 0.15) is 37.7 Å². The van der Waals surface area contributed by atoms with Crippen LogP contribution in [0.5, 0.6) is 0 Å². The van der Waals surface area contributed by atoms with Gasteiger partial charge in [0.15, 0.2) is 0 Å². The summed E-state index contributed by atoms with van der Waals surface area (Å²) in [7, 11) is 0. The van der Waals surface area contributed by atoms with Crippen molar-refractivity contribution in [3.8, 4) is 0 Å². The molecule has 1 saturated heterocycles. The molecular formula is C12H17ClN2O. The van der Waals surface area contributed by atoms with Gasteiger partial charge in [0.25, 0.3) is 0 Å². The van der Waals surface area contributed by atoms with E-state index in [1.807, 2.05) is 6.07 Å². The standard InChI is InChI=1S/C12H17ClN2O/c1-8(2)5-10-6-11(13)15-12(14-10)9-3-4-16-7-9/h6,8-9H,3-5,7H2,1-2H3. The van der Waals surface area contributed by atoms with E-state index in [0.29, 0.717) is 17.0 Å². The molecule has 4 heteroatoms. The van der Waals surface area contributed by atoms with E-state index >= 15 is 0 Å². The molecule has 1 unspecified atom stereocenters. The van der Waals surface area contributed by atoms with Gasteiger partial charge in [-0.1, -0.05) is 25.4 Å². The van der Waals surface area contributed by atoms with Crippen LogP contribution in [0.4, 0.5) is 0 Å². The molecule has 0 spiro atoms. The highest BCUT2D eigenvalue weighted by Crippen LogP contribution is 2.24. The predicted octanol–water partition coefficient (Wildman–Crippen LogP) is 2.83. The Morgan fingerprint density at radius 1 is 1.50 bits per heavy atom. The summed E-state index contributed by atoms with van der Waals surface area (Å²) in [5.74, 6) is 1.75. The fourth-order valence-corrected chi connectivity index (χ4v) is 2.14. The van der Waals surface area contributed by atoms with Crippen LogP contribution >= 0.6 is 11.6 Å². The van der Waals surface area contributed by atoms with Gasteiger partial charge in [-0.25, -0.2) is 9.97 Å². The first kappa shape index (κ1) is 11.8. The number of aromatic nitrogens is 2. The fourth-order valence-electron chi connectivity index (χ4n) is 1.93. The van der Waals surface area contributed by atoms with E-state index in [1.165, 1.54) is 0 Å². The number of ether oxygens (including phenoxy) is 1. The molecule has 0 saturated carbocycles. The summed E-state index contributed by atoms with van der Waals surface area (Å²) in [5, 5.41) is 0.549. The van der Waals surface area contributed by atoms with Crippen molar-refractivity contribution in [2.75, 3.05) is 13.2 Å². The molecule has 88 valence electrons. The summed E-state index contributed by atoms with van der Waals surface area (Å²) in [6.07, 6.45) is 1.95. The van der Waals surface area contributed by atoms with Crippen LogP contribution in [0.2, 0.25) is 5.15 Å². The summed E-state index contributed by atoms with van der Waals surface area (Å²) < 4.78 is 5.35. The molecule has 1 aromatic heterocycles. The van der Waals surface area contributed by atoms with Crippen molar-refractivity contribution in [2.45, 2.75) is 32.6 Å². The average molecular weight is 241 g/mol. The predicted molar refractivity (Wildman–Crippen MR) is 63.8 cm³/mol. The van der Waals surface area contributed by atoms with Crippen molar-refractivity contribution in [3.05, 3.63) is 22.7 Å². The van der Waals surface area contributed by atoms with E-state index in [2.05, 4.69) is 23.8 Å². The third kappa shape index (κ3) is 2.92. The van der Waals surface area contributed by atoms with Gasteiger partial charge >= 0.3 is 0 Å². The van der Waals surface area contributed by atoms with Crippen LogP contribution in [0.3, 0.4) is 0 Å². The minimum absolute atomic E-state index is 0.324. The van der Waals surface area contributed by atoms with Crippen LogP contribution in [0.25, 0.3) is 0 Å². The first-order chi connectivity index (χ1) is 7.65. The van der Waals surface area contributed by atoms with Crippen molar-refractivity contribution < 1.29 is 4.74 Å². The van der Waals surface area contributed by atoms with Gasteiger partial charge in [-0.2, -0.15) is 0 Å². The lowest BCUT2D eigenvalue weighted by Crippen LogP contribution is -2.08. The van der Waals surface area contributed by atoms with Gasteiger partial charge < -0.3 is 4.74 Å². The molecule has 2 heterocycles. The molecule has 2 rings (SSSR count). The van der Waals surface area contributed by atoms with Crippen molar-refractivity contribution in [1.82, 2.24) is 9.97 Å². The number of nitrogens with zero attached hydrogens (tertiary/aromatic N) is 2. The number of hydrogen-bond donors (Lipinski definition) is 0. The Morgan fingerprint density at radius 3 is 2.94 bits per heavy atom. The van der Waals surface area contributed by atoms with Gasteiger partial charge in [0, 0.05) is 18.2 Å². The van der Waals surface area contributed by atoms with Crippen LogP contribution in [-0.4, -0.2) is 23.2 Å². The van der Waals surface area contributed by atoms with Crippen molar-refractivity contribution >= 4 is 11.6 Å². The lowest BCUT2D eigenvalue weighted by Gasteiger charge is -2.10. The highest BCUT2D eigenvalue weighted by molar-refractivity contribution is 6.29. The maximum Gasteiger partial charge on any atom is 0.135 e. The average Bonchev–Trinajstić information content (AvgIpc) is 2.67. The van der Waals surface area contributed by atoms with E-state index in [1.54, 1.807) is 0 Å². The molecule has 1 aliphatic rings. The molecule has 0 bridgehead atoms. The highest BCUT2D eigenvalue weighted by atomic mass is 35.5. The Bertz CT molecular complexity index is 362. The minimum Gasteiger partial charge on any atom is -0.381 e. The van der Waals surface area contributed by atoms with E-state index in [0.717, 1.165) is 37.6 Å². The lowest BCUT2D eigenvalue weighted by molar-refractivity contribution is 0.193. The Labute approximate surface area is 101 Å². The van der Waals surface area contributed by atoms with Gasteiger partial charge in [0.05, 0.1) is 6.61 Å². The maximum atomic E-state index is 6.02. The lowest BCUT2D eigenvalue weighted by atomic mass is 10.1. The van der Waals surface area contributed by atoms with Gasteiger partial charge in [0.2, 0.25) is 0 Å². The summed E-state index contributed by atoms with van der Waals surface area (Å²) in [5.41, 5.74) is 1.04. The highest BCUT2D eigenvalue weighted by Gasteiger charge is 2.21. The number of hydrogen-bond acceptors (Lipinski definition) is 3. The molecule has 0 N–H and O–H groups in total. The van der Waals surface area contributed by atoms with E-state index in [-0.39, 0.29) is 0 Å². The van der Waals surface area contributed by atoms with Gasteiger partial charge in [-0.3, -0.25) is 0 Å². The molecule has 0 aliphatic carbocycles. The zero-order valence-corrected chi connectivity index (χ0v) is 10.5. The van der Waals surface area contributed by atoms with E-state index < -0.39 is 0 Å². The molecule has 1 atom stereocenters. The van der Waals surface area contributed by atoms with Crippen molar-refractivity contribution in [2.24, 2.45) is 5.92 Å². The smallest absolute Gasteiger partial charge is 0.135 e. The Kier molecular flexibility index (Phi) is 3.77. The molecule has 16 heavy (non-hydrogen) atoms. The minimum atomic E-state index is 0.324. The largest absolute Gasteiger partial charge is 0.381 e. The zero-order chi connectivity index (χ0) is 11.5. The quantitative estimate of drug-likeness (QED) is 0.762. The van der Waals surface area contributed by atoms with Crippen LogP contribution < -0.4 is 0 Å². The summed E-state index contributed by atoms with van der Waals surface area (Å²) in [6.45, 7) is 5.88. The van der Waals surface area contributed by atoms with Crippen LogP contribution in [-0.2, 0) is 11.2 Å². The molecular weight excluding hydrogens is 224 g/mol. The molecule has 1 fully saturated rings. The Balaban J connectivity index is 2.20. The topological polar surface area (TPSA) is 35.0 Å². The normalized spacial score (nSPS) is 20.6. The van der Waals surface area contributed by atoms with Crippen LogP contribution in [0, 0.1) is 5.92 Å². The second kappa shape index (κ2) is 5.11.